The molecule has 6 heteroatoms. The molecule has 1 aliphatic carbocycles. The van der Waals surface area contributed by atoms with E-state index >= 15 is 0 Å². The van der Waals surface area contributed by atoms with Gasteiger partial charge in [0.25, 0.3) is 0 Å². The third kappa shape index (κ3) is 2.90. The summed E-state index contributed by atoms with van der Waals surface area (Å²) in [6, 6.07) is 0. The molecule has 0 aromatic rings. The van der Waals surface area contributed by atoms with E-state index in [1.807, 2.05) is 0 Å². The Morgan fingerprint density at radius 2 is 1.42 bits per heavy atom. The van der Waals surface area contributed by atoms with Crippen LogP contribution < -0.4 is 0 Å². The number of hydrogen-bond acceptors (Lipinski definition) is 6. The molecular weight excluding hydrogens is 252 g/mol. The minimum Gasteiger partial charge on any atom is -0.464 e. The summed E-state index contributed by atoms with van der Waals surface area (Å²) in [6.45, 7) is 3.89. The van der Waals surface area contributed by atoms with E-state index in [0.717, 1.165) is 12.8 Å². The zero-order valence-corrected chi connectivity index (χ0v) is 11.3. The first kappa shape index (κ1) is 14.3. The van der Waals surface area contributed by atoms with Crippen molar-refractivity contribution in [2.45, 2.75) is 57.5 Å². The second kappa shape index (κ2) is 5.88. The first-order valence-corrected chi connectivity index (χ1v) is 6.81. The molecule has 108 valence electrons. The molecule has 2 fully saturated rings. The van der Waals surface area contributed by atoms with Crippen molar-refractivity contribution in [3.8, 4) is 0 Å². The van der Waals surface area contributed by atoms with E-state index in [4.69, 9.17) is 18.9 Å². The topological polar surface area (TPSA) is 71.1 Å². The normalized spacial score (nSPS) is 28.5. The lowest BCUT2D eigenvalue weighted by atomic mass is 10.2. The molecular formula is C13H20O6. The molecule has 1 aliphatic heterocycles. The van der Waals surface area contributed by atoms with Gasteiger partial charge in [-0.2, -0.15) is 0 Å². The van der Waals surface area contributed by atoms with Crippen molar-refractivity contribution in [3.63, 3.8) is 0 Å². The Kier molecular flexibility index (Phi) is 4.42. The van der Waals surface area contributed by atoms with Gasteiger partial charge in [-0.05, 0) is 26.7 Å². The van der Waals surface area contributed by atoms with E-state index in [9.17, 15) is 9.59 Å². The molecule has 0 radical (unpaired) electrons. The predicted octanol–water partition coefficient (Wildman–Crippen LogP) is 1.17. The van der Waals surface area contributed by atoms with E-state index in [0.29, 0.717) is 12.8 Å². The second-order valence-electron chi connectivity index (χ2n) is 4.70. The molecule has 2 atom stereocenters. The molecule has 1 saturated carbocycles. The molecule has 0 N–H and O–H groups in total. The van der Waals surface area contributed by atoms with Gasteiger partial charge in [0, 0.05) is 12.8 Å². The van der Waals surface area contributed by atoms with Crippen LogP contribution in [0.15, 0.2) is 0 Å². The van der Waals surface area contributed by atoms with Gasteiger partial charge in [-0.25, -0.2) is 9.59 Å². The van der Waals surface area contributed by atoms with Gasteiger partial charge in [0.15, 0.2) is 18.0 Å². The van der Waals surface area contributed by atoms with Gasteiger partial charge < -0.3 is 18.9 Å². The summed E-state index contributed by atoms with van der Waals surface area (Å²) in [5.41, 5.74) is 0. The van der Waals surface area contributed by atoms with Gasteiger partial charge in [-0.15, -0.1) is 0 Å². The lowest BCUT2D eigenvalue weighted by molar-refractivity contribution is -0.185. The molecule has 0 amide bonds. The van der Waals surface area contributed by atoms with Crippen LogP contribution in [0.5, 0.6) is 0 Å². The molecule has 2 rings (SSSR count). The molecule has 0 unspecified atom stereocenters. The maximum absolute atomic E-state index is 11.9. The molecule has 6 nitrogen and oxygen atoms in total. The van der Waals surface area contributed by atoms with Gasteiger partial charge in [0.2, 0.25) is 0 Å². The molecule has 0 aromatic carbocycles. The third-order valence-electron chi connectivity index (χ3n) is 3.36. The number of esters is 2. The van der Waals surface area contributed by atoms with Crippen molar-refractivity contribution in [3.05, 3.63) is 0 Å². The Labute approximate surface area is 112 Å². The lowest BCUT2D eigenvalue weighted by Crippen LogP contribution is -2.39. The van der Waals surface area contributed by atoms with Crippen LogP contribution in [-0.2, 0) is 28.5 Å². The summed E-state index contributed by atoms with van der Waals surface area (Å²) in [5, 5.41) is 0. The Hall–Kier alpha value is -1.14. The lowest BCUT2D eigenvalue weighted by Gasteiger charge is -2.21. The van der Waals surface area contributed by atoms with Crippen LogP contribution in [0.25, 0.3) is 0 Å². The van der Waals surface area contributed by atoms with Crippen LogP contribution in [0, 0.1) is 0 Å². The zero-order valence-electron chi connectivity index (χ0n) is 11.3. The van der Waals surface area contributed by atoms with Crippen LogP contribution in [0.2, 0.25) is 0 Å². The monoisotopic (exact) mass is 272 g/mol. The molecule has 1 heterocycles. The third-order valence-corrected chi connectivity index (χ3v) is 3.36. The van der Waals surface area contributed by atoms with Crippen LogP contribution in [0.4, 0.5) is 0 Å². The quantitative estimate of drug-likeness (QED) is 0.715. The molecule has 0 bridgehead atoms. The minimum atomic E-state index is -1.02. The summed E-state index contributed by atoms with van der Waals surface area (Å²) in [7, 11) is 0. The summed E-state index contributed by atoms with van der Waals surface area (Å²) >= 11 is 0. The fourth-order valence-corrected chi connectivity index (χ4v) is 2.56. The van der Waals surface area contributed by atoms with Gasteiger partial charge in [0.05, 0.1) is 13.2 Å². The number of carbonyl (C=O) groups excluding carboxylic acids is 2. The first-order valence-electron chi connectivity index (χ1n) is 6.81. The largest absolute Gasteiger partial charge is 0.464 e. The summed E-state index contributed by atoms with van der Waals surface area (Å²) in [4.78, 5) is 23.7. The minimum absolute atomic E-state index is 0.237. The number of carbonyl (C=O) groups is 2. The molecule has 1 saturated heterocycles. The fraction of sp³-hybridized carbons (Fsp3) is 0.846. The van der Waals surface area contributed by atoms with Gasteiger partial charge in [-0.1, -0.05) is 0 Å². The Balaban J connectivity index is 2.12. The SMILES string of the molecule is CCOC(=O)[C@H]1OC2(CCCC2)O[C@H]1C(=O)OCC. The van der Waals surface area contributed by atoms with E-state index in [-0.39, 0.29) is 13.2 Å². The highest BCUT2D eigenvalue weighted by Gasteiger charge is 2.55. The molecule has 19 heavy (non-hydrogen) atoms. The highest BCUT2D eigenvalue weighted by molar-refractivity contribution is 5.86. The molecule has 0 aromatic heterocycles. The summed E-state index contributed by atoms with van der Waals surface area (Å²) < 4.78 is 21.3. The average molecular weight is 272 g/mol. The van der Waals surface area contributed by atoms with Crippen molar-refractivity contribution in [1.82, 2.24) is 0 Å². The number of hydrogen-bond donors (Lipinski definition) is 0. The smallest absolute Gasteiger partial charge is 0.338 e. The maximum atomic E-state index is 11.9. The predicted molar refractivity (Wildman–Crippen MR) is 64.2 cm³/mol. The van der Waals surface area contributed by atoms with E-state index in [2.05, 4.69) is 0 Å². The van der Waals surface area contributed by atoms with E-state index in [1.54, 1.807) is 13.8 Å². The number of rotatable bonds is 4. The summed E-state index contributed by atoms with van der Waals surface area (Å²) in [5.74, 6) is -1.94. The van der Waals surface area contributed by atoms with Crippen molar-refractivity contribution in [2.75, 3.05) is 13.2 Å². The van der Waals surface area contributed by atoms with Gasteiger partial charge >= 0.3 is 11.9 Å². The van der Waals surface area contributed by atoms with E-state index in [1.165, 1.54) is 0 Å². The van der Waals surface area contributed by atoms with Crippen molar-refractivity contribution in [1.29, 1.82) is 0 Å². The molecule has 2 aliphatic rings. The zero-order chi connectivity index (χ0) is 13.9. The van der Waals surface area contributed by atoms with Crippen molar-refractivity contribution < 1.29 is 28.5 Å². The highest BCUT2D eigenvalue weighted by atomic mass is 16.8. The van der Waals surface area contributed by atoms with Gasteiger partial charge in [-0.3, -0.25) is 0 Å². The maximum Gasteiger partial charge on any atom is 0.338 e. The van der Waals surface area contributed by atoms with Crippen LogP contribution >= 0.6 is 0 Å². The van der Waals surface area contributed by atoms with Gasteiger partial charge in [0.1, 0.15) is 0 Å². The van der Waals surface area contributed by atoms with Crippen LogP contribution in [0.1, 0.15) is 39.5 Å². The first-order chi connectivity index (χ1) is 9.12. The van der Waals surface area contributed by atoms with Crippen molar-refractivity contribution in [2.24, 2.45) is 0 Å². The standard InChI is InChI=1S/C13H20O6/c1-3-16-11(14)9-10(12(15)17-4-2)19-13(18-9)7-5-6-8-13/h9-10H,3-8H2,1-2H3/t9-,10+. The Morgan fingerprint density at radius 3 is 1.79 bits per heavy atom. The van der Waals surface area contributed by atoms with Crippen molar-refractivity contribution >= 4 is 11.9 Å². The van der Waals surface area contributed by atoms with E-state index < -0.39 is 29.9 Å². The number of ether oxygens (including phenoxy) is 4. The molecule has 1 spiro atoms. The highest BCUT2D eigenvalue weighted by Crippen LogP contribution is 2.42. The Morgan fingerprint density at radius 1 is 1.00 bits per heavy atom. The van der Waals surface area contributed by atoms with Crippen LogP contribution in [0.3, 0.4) is 0 Å². The summed E-state index contributed by atoms with van der Waals surface area (Å²) in [6.07, 6.45) is 1.28. The average Bonchev–Trinajstić information content (AvgIpc) is 2.98. The second-order valence-corrected chi connectivity index (χ2v) is 4.70. The fourth-order valence-electron chi connectivity index (χ4n) is 2.56. The Bertz CT molecular complexity index is 319. The van der Waals surface area contributed by atoms with Crippen LogP contribution in [-0.4, -0.2) is 43.1 Å².